The van der Waals surface area contributed by atoms with Crippen LogP contribution in [0.15, 0.2) is 48.0 Å². The van der Waals surface area contributed by atoms with E-state index in [1.807, 2.05) is 0 Å². The Morgan fingerprint density at radius 1 is 0.920 bits per heavy atom. The summed E-state index contributed by atoms with van der Waals surface area (Å²) in [6.45, 7) is 0. The lowest BCUT2D eigenvalue weighted by Gasteiger charge is -2.32. The van der Waals surface area contributed by atoms with Gasteiger partial charge in [0.1, 0.15) is 0 Å². The first kappa shape index (κ1) is 17.7. The number of alkyl halides is 6. The lowest BCUT2D eigenvalue weighted by Crippen LogP contribution is -2.53. The Hall–Kier alpha value is -2.13. The summed E-state index contributed by atoms with van der Waals surface area (Å²) in [6.07, 6.45) is -11.0. The molecule has 0 unspecified atom stereocenters. The van der Waals surface area contributed by atoms with Crippen LogP contribution in [0.1, 0.15) is 5.56 Å². The van der Waals surface area contributed by atoms with E-state index in [4.69, 9.17) is 0 Å². The molecule has 2 nitrogen and oxygen atoms in total. The fourth-order valence-corrected chi connectivity index (χ4v) is 3.41. The zero-order chi connectivity index (χ0) is 18.5. The van der Waals surface area contributed by atoms with Gasteiger partial charge in [0.15, 0.2) is 0 Å². The second-order valence-electron chi connectivity index (χ2n) is 5.28. The molecule has 2 aromatic heterocycles. The van der Waals surface area contributed by atoms with Gasteiger partial charge in [0.05, 0.1) is 5.69 Å². The standard InChI is InChI=1S/C16H9F6NOS/c17-15(18,19)14(24,16(20,21)22)10-4-6-23-12(8-10)11-3-1-2-9-5-7-25-13(9)11/h1-8,24H. The van der Waals surface area contributed by atoms with Gasteiger partial charge in [-0.15, -0.1) is 11.3 Å². The smallest absolute Gasteiger partial charge is 0.369 e. The van der Waals surface area contributed by atoms with Crippen LogP contribution in [0.25, 0.3) is 21.3 Å². The third kappa shape index (κ3) is 2.77. The van der Waals surface area contributed by atoms with Crippen molar-refractivity contribution in [3.05, 3.63) is 53.5 Å². The van der Waals surface area contributed by atoms with Crippen LogP contribution >= 0.6 is 11.3 Å². The van der Waals surface area contributed by atoms with Gasteiger partial charge in [0.2, 0.25) is 0 Å². The highest BCUT2D eigenvalue weighted by molar-refractivity contribution is 7.17. The predicted molar refractivity (Wildman–Crippen MR) is 81.1 cm³/mol. The quantitative estimate of drug-likeness (QED) is 0.617. The molecule has 0 aliphatic heterocycles. The third-order valence-electron chi connectivity index (χ3n) is 3.75. The molecule has 0 bridgehead atoms. The minimum absolute atomic E-state index is 0.0857. The van der Waals surface area contributed by atoms with Gasteiger partial charge in [-0.2, -0.15) is 26.3 Å². The van der Waals surface area contributed by atoms with Crippen LogP contribution in [0.5, 0.6) is 0 Å². The van der Waals surface area contributed by atoms with Crippen LogP contribution in [-0.4, -0.2) is 22.4 Å². The summed E-state index contributed by atoms with van der Waals surface area (Å²) in [4.78, 5) is 3.88. The Balaban J connectivity index is 2.21. The predicted octanol–water partition coefficient (Wildman–Crippen LogP) is 5.28. The van der Waals surface area contributed by atoms with E-state index in [1.54, 1.807) is 29.6 Å². The SMILES string of the molecule is OC(c1ccnc(-c2cccc3ccsc23)c1)(C(F)(F)F)C(F)(F)F. The second kappa shape index (κ2) is 5.70. The summed E-state index contributed by atoms with van der Waals surface area (Å²) >= 11 is 1.29. The Labute approximate surface area is 141 Å². The van der Waals surface area contributed by atoms with Crippen LogP contribution < -0.4 is 0 Å². The van der Waals surface area contributed by atoms with E-state index >= 15 is 0 Å². The number of hydrogen-bond donors (Lipinski definition) is 1. The molecule has 0 amide bonds. The number of aromatic nitrogens is 1. The van der Waals surface area contributed by atoms with Crippen molar-refractivity contribution < 1.29 is 31.4 Å². The molecule has 0 saturated carbocycles. The Bertz CT molecular complexity index is 901. The largest absolute Gasteiger partial charge is 0.430 e. The maximum absolute atomic E-state index is 13.0. The lowest BCUT2D eigenvalue weighted by molar-refractivity contribution is -0.376. The number of rotatable bonds is 2. The molecule has 1 N–H and O–H groups in total. The van der Waals surface area contributed by atoms with E-state index in [0.29, 0.717) is 22.4 Å². The van der Waals surface area contributed by atoms with Gasteiger partial charge in [-0.25, -0.2) is 0 Å². The molecule has 0 fully saturated rings. The van der Waals surface area contributed by atoms with Crippen LogP contribution in [-0.2, 0) is 5.60 Å². The first-order valence-corrected chi connectivity index (χ1v) is 7.72. The average Bonchev–Trinajstić information content (AvgIpc) is 3.00. The molecule has 0 atom stereocenters. The topological polar surface area (TPSA) is 33.1 Å². The molecule has 0 aliphatic rings. The molecule has 25 heavy (non-hydrogen) atoms. The Morgan fingerprint density at radius 2 is 1.60 bits per heavy atom. The fraction of sp³-hybridized carbons (Fsp3) is 0.188. The highest BCUT2D eigenvalue weighted by Crippen LogP contribution is 2.50. The summed E-state index contributed by atoms with van der Waals surface area (Å²) in [5, 5.41) is 12.1. The van der Waals surface area contributed by atoms with Crippen LogP contribution in [0.2, 0.25) is 0 Å². The van der Waals surface area contributed by atoms with E-state index in [0.717, 1.165) is 11.6 Å². The number of pyridine rings is 1. The number of fused-ring (bicyclic) bond motifs is 1. The van der Waals surface area contributed by atoms with E-state index in [1.165, 1.54) is 11.3 Å². The zero-order valence-electron chi connectivity index (χ0n) is 12.2. The first-order chi connectivity index (χ1) is 11.6. The average molecular weight is 377 g/mol. The molecule has 132 valence electrons. The third-order valence-corrected chi connectivity index (χ3v) is 4.72. The van der Waals surface area contributed by atoms with Gasteiger partial charge in [-0.05, 0) is 29.0 Å². The molecule has 3 rings (SSSR count). The van der Waals surface area contributed by atoms with Crippen molar-refractivity contribution in [1.29, 1.82) is 0 Å². The molecule has 0 aliphatic carbocycles. The molecule has 0 saturated heterocycles. The highest BCUT2D eigenvalue weighted by atomic mass is 32.1. The molecule has 1 aromatic carbocycles. The van der Waals surface area contributed by atoms with Crippen LogP contribution in [0, 0.1) is 0 Å². The van der Waals surface area contributed by atoms with Gasteiger partial charge in [-0.3, -0.25) is 4.98 Å². The summed E-state index contributed by atoms with van der Waals surface area (Å²) in [5.74, 6) is 0. The van der Waals surface area contributed by atoms with Crippen molar-refractivity contribution in [3.63, 3.8) is 0 Å². The fourth-order valence-electron chi connectivity index (χ4n) is 2.49. The van der Waals surface area contributed by atoms with Gasteiger partial charge >= 0.3 is 12.4 Å². The molecular formula is C16H9F6NOS. The maximum Gasteiger partial charge on any atom is 0.430 e. The van der Waals surface area contributed by atoms with Crippen molar-refractivity contribution >= 4 is 21.4 Å². The summed E-state index contributed by atoms with van der Waals surface area (Å²) in [7, 11) is 0. The van der Waals surface area contributed by atoms with Gasteiger partial charge in [0.25, 0.3) is 5.60 Å². The number of hydrogen-bond acceptors (Lipinski definition) is 3. The minimum atomic E-state index is -5.93. The molecule has 0 spiro atoms. The summed E-state index contributed by atoms with van der Waals surface area (Å²) < 4.78 is 78.9. The van der Waals surface area contributed by atoms with E-state index in [9.17, 15) is 31.4 Å². The summed E-state index contributed by atoms with van der Waals surface area (Å²) in [6, 6.07) is 7.84. The molecule has 9 heteroatoms. The Kier molecular flexibility index (Phi) is 4.03. The number of benzene rings is 1. The van der Waals surface area contributed by atoms with E-state index < -0.39 is 23.5 Å². The van der Waals surface area contributed by atoms with Gasteiger partial charge < -0.3 is 5.11 Å². The maximum atomic E-state index is 13.0. The Morgan fingerprint density at radius 3 is 2.24 bits per heavy atom. The van der Waals surface area contributed by atoms with E-state index in [2.05, 4.69) is 4.98 Å². The molecule has 2 heterocycles. The van der Waals surface area contributed by atoms with E-state index in [-0.39, 0.29) is 5.69 Å². The van der Waals surface area contributed by atoms with Gasteiger partial charge in [-0.1, -0.05) is 18.2 Å². The highest BCUT2D eigenvalue weighted by Gasteiger charge is 2.71. The van der Waals surface area contributed by atoms with Gasteiger partial charge in [0, 0.05) is 22.0 Å². The monoisotopic (exact) mass is 377 g/mol. The second-order valence-corrected chi connectivity index (χ2v) is 6.20. The van der Waals surface area contributed by atoms with Crippen molar-refractivity contribution in [2.75, 3.05) is 0 Å². The van der Waals surface area contributed by atoms with Crippen LogP contribution in [0.3, 0.4) is 0 Å². The lowest BCUT2D eigenvalue weighted by atomic mass is 9.91. The first-order valence-electron chi connectivity index (χ1n) is 6.84. The zero-order valence-corrected chi connectivity index (χ0v) is 13.0. The number of nitrogens with zero attached hydrogens (tertiary/aromatic N) is 1. The van der Waals surface area contributed by atoms with Crippen molar-refractivity contribution in [1.82, 2.24) is 4.98 Å². The molecular weight excluding hydrogens is 368 g/mol. The van der Waals surface area contributed by atoms with Crippen molar-refractivity contribution in [2.45, 2.75) is 18.0 Å². The van der Waals surface area contributed by atoms with Crippen molar-refractivity contribution in [2.24, 2.45) is 0 Å². The molecule has 0 radical (unpaired) electrons. The number of thiophene rings is 1. The molecule has 3 aromatic rings. The minimum Gasteiger partial charge on any atom is -0.369 e. The van der Waals surface area contributed by atoms with Crippen molar-refractivity contribution in [3.8, 4) is 11.3 Å². The van der Waals surface area contributed by atoms with Crippen LogP contribution in [0.4, 0.5) is 26.3 Å². The summed E-state index contributed by atoms with van der Waals surface area (Å²) in [5.41, 5.74) is -5.99. The number of aliphatic hydroxyl groups is 1. The number of halogens is 6. The normalized spacial score (nSPS) is 13.4.